The smallest absolute Gasteiger partial charge is 0.319 e. The number of thioether (sulfide) groups is 2. The fraction of sp³-hybridized carbons (Fsp3) is 0.462. The first kappa shape index (κ1) is 17.1. The number of benzene rings is 1. The van der Waals surface area contributed by atoms with E-state index in [1.165, 1.54) is 0 Å². The van der Waals surface area contributed by atoms with Crippen LogP contribution in [0.5, 0.6) is 0 Å². The zero-order chi connectivity index (χ0) is 15.3. The molecule has 2 rings (SSSR count). The summed E-state index contributed by atoms with van der Waals surface area (Å²) < 4.78 is 0. The van der Waals surface area contributed by atoms with Gasteiger partial charge in [0.05, 0.1) is 15.6 Å². The van der Waals surface area contributed by atoms with E-state index in [2.05, 4.69) is 10.6 Å². The maximum Gasteiger partial charge on any atom is 0.319 e. The molecule has 116 valence electrons. The summed E-state index contributed by atoms with van der Waals surface area (Å²) in [6, 6.07) is 4.49. The van der Waals surface area contributed by atoms with Crippen LogP contribution in [0.3, 0.4) is 0 Å². The van der Waals surface area contributed by atoms with Gasteiger partial charge in [0.2, 0.25) is 0 Å². The number of amides is 2. The van der Waals surface area contributed by atoms with Crippen LogP contribution < -0.4 is 10.6 Å². The topological polar surface area (TPSA) is 61.4 Å². The van der Waals surface area contributed by atoms with Crippen molar-refractivity contribution in [2.45, 2.75) is 5.60 Å². The third-order valence-corrected chi connectivity index (χ3v) is 6.33. The lowest BCUT2D eigenvalue weighted by atomic mass is 10.1. The van der Waals surface area contributed by atoms with Gasteiger partial charge in [-0.1, -0.05) is 23.2 Å². The molecule has 0 aliphatic carbocycles. The van der Waals surface area contributed by atoms with Gasteiger partial charge < -0.3 is 15.7 Å². The number of urea groups is 1. The molecular weight excluding hydrogens is 351 g/mol. The highest BCUT2D eigenvalue weighted by Gasteiger charge is 2.29. The third kappa shape index (κ3) is 5.45. The van der Waals surface area contributed by atoms with Gasteiger partial charge in [-0.25, -0.2) is 4.79 Å². The minimum Gasteiger partial charge on any atom is -0.386 e. The first-order valence-corrected chi connectivity index (χ1v) is 9.43. The summed E-state index contributed by atoms with van der Waals surface area (Å²) in [4.78, 5) is 11.9. The van der Waals surface area contributed by atoms with Gasteiger partial charge >= 0.3 is 6.03 Å². The van der Waals surface area contributed by atoms with Crippen LogP contribution in [0.15, 0.2) is 18.2 Å². The number of halogens is 2. The van der Waals surface area contributed by atoms with Crippen LogP contribution in [0.1, 0.15) is 0 Å². The summed E-state index contributed by atoms with van der Waals surface area (Å²) in [5.74, 6) is 3.32. The maximum absolute atomic E-state index is 11.9. The molecule has 1 fully saturated rings. The predicted octanol–water partition coefficient (Wildman–Crippen LogP) is 3.33. The summed E-state index contributed by atoms with van der Waals surface area (Å²) >= 11 is 15.1. The quantitative estimate of drug-likeness (QED) is 0.767. The molecule has 0 atom stereocenters. The Balaban J connectivity index is 1.85. The molecule has 3 N–H and O–H groups in total. The van der Waals surface area contributed by atoms with Gasteiger partial charge in [0.25, 0.3) is 0 Å². The molecule has 0 unspecified atom stereocenters. The van der Waals surface area contributed by atoms with E-state index in [0.29, 0.717) is 27.2 Å². The Morgan fingerprint density at radius 1 is 1.24 bits per heavy atom. The molecule has 4 nitrogen and oxygen atoms in total. The molecule has 8 heteroatoms. The van der Waals surface area contributed by atoms with Gasteiger partial charge in [0, 0.05) is 35.2 Å². The number of hydrogen-bond acceptors (Lipinski definition) is 4. The van der Waals surface area contributed by atoms with Crippen molar-refractivity contribution in [2.75, 3.05) is 34.9 Å². The van der Waals surface area contributed by atoms with Crippen LogP contribution in [-0.2, 0) is 0 Å². The van der Waals surface area contributed by atoms with Crippen LogP contribution in [-0.4, -0.2) is 46.3 Å². The van der Waals surface area contributed by atoms with Crippen LogP contribution in [0, 0.1) is 0 Å². The largest absolute Gasteiger partial charge is 0.386 e. The molecular formula is C13H16Cl2N2O2S2. The van der Waals surface area contributed by atoms with Gasteiger partial charge in [-0.2, -0.15) is 23.5 Å². The van der Waals surface area contributed by atoms with E-state index < -0.39 is 5.60 Å². The Bertz CT molecular complexity index is 509. The Labute approximate surface area is 142 Å². The normalized spacial score (nSPS) is 17.9. The Hall–Kier alpha value is -0.270. The second-order valence-electron chi connectivity index (χ2n) is 4.77. The van der Waals surface area contributed by atoms with Crippen molar-refractivity contribution >= 4 is 58.4 Å². The summed E-state index contributed by atoms with van der Waals surface area (Å²) in [6.45, 7) is 0.222. The predicted molar refractivity (Wildman–Crippen MR) is 93.1 cm³/mol. The minimum absolute atomic E-state index is 0.222. The molecule has 0 radical (unpaired) electrons. The van der Waals surface area contributed by atoms with Gasteiger partial charge in [-0.15, -0.1) is 0 Å². The molecule has 1 aromatic rings. The molecule has 0 saturated carbocycles. The molecule has 1 aliphatic heterocycles. The number of carbonyl (C=O) groups excluding carboxylic acids is 1. The molecule has 1 aliphatic rings. The molecule has 0 aromatic heterocycles. The summed E-state index contributed by atoms with van der Waals surface area (Å²) in [7, 11) is 0. The average Bonchev–Trinajstić information content (AvgIpc) is 2.66. The van der Waals surface area contributed by atoms with Crippen LogP contribution >= 0.6 is 46.7 Å². The second-order valence-corrected chi connectivity index (χ2v) is 7.79. The fourth-order valence-electron chi connectivity index (χ4n) is 1.78. The lowest BCUT2D eigenvalue weighted by Crippen LogP contribution is -2.47. The van der Waals surface area contributed by atoms with Crippen LogP contribution in [0.2, 0.25) is 10.0 Å². The summed E-state index contributed by atoms with van der Waals surface area (Å²) in [6.07, 6.45) is 0. The summed E-state index contributed by atoms with van der Waals surface area (Å²) in [5, 5.41) is 16.6. The number of carbonyl (C=O) groups is 1. The van der Waals surface area contributed by atoms with Crippen molar-refractivity contribution in [3.05, 3.63) is 28.2 Å². The molecule has 0 spiro atoms. The number of rotatable bonds is 3. The van der Waals surface area contributed by atoms with Crippen molar-refractivity contribution in [1.29, 1.82) is 0 Å². The molecule has 21 heavy (non-hydrogen) atoms. The monoisotopic (exact) mass is 366 g/mol. The first-order chi connectivity index (χ1) is 9.98. The highest BCUT2D eigenvalue weighted by molar-refractivity contribution is 8.03. The lowest BCUT2D eigenvalue weighted by molar-refractivity contribution is 0.0928. The van der Waals surface area contributed by atoms with E-state index >= 15 is 0 Å². The first-order valence-electron chi connectivity index (χ1n) is 6.36. The molecule has 1 saturated heterocycles. The molecule has 2 amide bonds. The summed E-state index contributed by atoms with van der Waals surface area (Å²) in [5.41, 5.74) is -0.306. The van der Waals surface area contributed by atoms with E-state index in [1.807, 2.05) is 0 Å². The molecule has 1 heterocycles. The highest BCUT2D eigenvalue weighted by atomic mass is 35.5. The van der Waals surface area contributed by atoms with Crippen molar-refractivity contribution < 1.29 is 9.90 Å². The Kier molecular flexibility index (Phi) is 6.37. The molecule has 0 bridgehead atoms. The maximum atomic E-state index is 11.9. The van der Waals surface area contributed by atoms with Gasteiger partial charge in [-0.3, -0.25) is 0 Å². The second kappa shape index (κ2) is 7.83. The number of hydrogen-bond donors (Lipinski definition) is 3. The SMILES string of the molecule is O=C(NCC1(O)CSCCSC1)Nc1ccc(Cl)c(Cl)c1. The fourth-order valence-corrected chi connectivity index (χ4v) is 4.61. The number of aliphatic hydroxyl groups is 1. The lowest BCUT2D eigenvalue weighted by Gasteiger charge is -2.25. The van der Waals surface area contributed by atoms with Gasteiger partial charge in [0.15, 0.2) is 0 Å². The zero-order valence-electron chi connectivity index (χ0n) is 11.2. The van der Waals surface area contributed by atoms with Crippen molar-refractivity contribution in [1.82, 2.24) is 5.32 Å². The van der Waals surface area contributed by atoms with Crippen LogP contribution in [0.25, 0.3) is 0 Å². The number of anilines is 1. The van der Waals surface area contributed by atoms with Crippen molar-refractivity contribution in [3.8, 4) is 0 Å². The number of nitrogens with one attached hydrogen (secondary N) is 2. The van der Waals surface area contributed by atoms with Crippen molar-refractivity contribution in [2.24, 2.45) is 0 Å². The highest BCUT2D eigenvalue weighted by Crippen LogP contribution is 2.25. The van der Waals surface area contributed by atoms with Crippen LogP contribution in [0.4, 0.5) is 10.5 Å². The van der Waals surface area contributed by atoms with E-state index in [4.69, 9.17) is 23.2 Å². The standard InChI is InChI=1S/C13H16Cl2N2O2S2/c14-10-2-1-9(5-11(10)15)17-12(18)16-6-13(19)7-20-3-4-21-8-13/h1-2,5,19H,3-4,6-8H2,(H2,16,17,18). The Morgan fingerprint density at radius 2 is 1.90 bits per heavy atom. The Morgan fingerprint density at radius 3 is 2.52 bits per heavy atom. The van der Waals surface area contributed by atoms with E-state index in [-0.39, 0.29) is 12.6 Å². The van der Waals surface area contributed by atoms with E-state index in [1.54, 1.807) is 41.7 Å². The zero-order valence-corrected chi connectivity index (χ0v) is 14.3. The molecule has 1 aromatic carbocycles. The minimum atomic E-state index is -0.860. The average molecular weight is 367 g/mol. The third-order valence-electron chi connectivity index (χ3n) is 2.87. The van der Waals surface area contributed by atoms with Crippen molar-refractivity contribution in [3.63, 3.8) is 0 Å². The van der Waals surface area contributed by atoms with Gasteiger partial charge in [0.1, 0.15) is 0 Å². The van der Waals surface area contributed by atoms with E-state index in [9.17, 15) is 9.90 Å². The van der Waals surface area contributed by atoms with E-state index in [0.717, 1.165) is 11.5 Å². The van der Waals surface area contributed by atoms with Gasteiger partial charge in [-0.05, 0) is 18.2 Å².